The Morgan fingerprint density at radius 3 is 2.45 bits per heavy atom. The van der Waals surface area contributed by atoms with Crippen molar-refractivity contribution in [1.29, 1.82) is 0 Å². The average Bonchev–Trinajstić information content (AvgIpc) is 2.46. The van der Waals surface area contributed by atoms with Crippen LogP contribution >= 0.6 is 11.6 Å². The van der Waals surface area contributed by atoms with Gasteiger partial charge >= 0.3 is 0 Å². The first-order valence-electron chi connectivity index (χ1n) is 6.24. The van der Waals surface area contributed by atoms with Gasteiger partial charge in [-0.2, -0.15) is 0 Å². The molecular formula is C16H16ClFO2. The third kappa shape index (κ3) is 3.42. The van der Waals surface area contributed by atoms with Crippen LogP contribution in [-0.2, 0) is 6.42 Å². The summed E-state index contributed by atoms with van der Waals surface area (Å²) < 4.78 is 23.6. The average molecular weight is 295 g/mol. The van der Waals surface area contributed by atoms with Gasteiger partial charge in [-0.05, 0) is 41.8 Å². The first kappa shape index (κ1) is 14.7. The summed E-state index contributed by atoms with van der Waals surface area (Å²) in [5.41, 5.74) is 1.77. The van der Waals surface area contributed by atoms with Gasteiger partial charge in [0.25, 0.3) is 0 Å². The van der Waals surface area contributed by atoms with Crippen molar-refractivity contribution in [3.8, 4) is 11.5 Å². The minimum atomic E-state index is -0.253. The maximum Gasteiger partial charge on any atom is 0.161 e. The molecule has 0 aromatic heterocycles. The number of methoxy groups -OCH3 is 2. The van der Waals surface area contributed by atoms with Crippen LogP contribution in [0.25, 0.3) is 0 Å². The molecule has 1 unspecified atom stereocenters. The van der Waals surface area contributed by atoms with Crippen molar-refractivity contribution in [3.05, 3.63) is 59.4 Å². The molecule has 106 valence electrons. The maximum absolute atomic E-state index is 13.2. The molecule has 4 heteroatoms. The van der Waals surface area contributed by atoms with E-state index in [1.165, 1.54) is 12.1 Å². The molecule has 0 bridgehead atoms. The van der Waals surface area contributed by atoms with E-state index in [1.54, 1.807) is 20.3 Å². The molecule has 0 fully saturated rings. The van der Waals surface area contributed by atoms with Gasteiger partial charge in [-0.25, -0.2) is 4.39 Å². The predicted octanol–water partition coefficient (Wildman–Crippen LogP) is 4.37. The van der Waals surface area contributed by atoms with Gasteiger partial charge in [0.05, 0.1) is 19.6 Å². The van der Waals surface area contributed by atoms with Crippen LogP contribution in [0.4, 0.5) is 4.39 Å². The fraction of sp³-hybridized carbons (Fsp3) is 0.250. The van der Waals surface area contributed by atoms with E-state index in [-0.39, 0.29) is 11.2 Å². The van der Waals surface area contributed by atoms with E-state index in [1.807, 2.05) is 24.3 Å². The lowest BCUT2D eigenvalue weighted by molar-refractivity contribution is 0.354. The molecule has 0 aliphatic carbocycles. The van der Waals surface area contributed by atoms with Crippen molar-refractivity contribution in [2.45, 2.75) is 11.8 Å². The molecule has 0 N–H and O–H groups in total. The summed E-state index contributed by atoms with van der Waals surface area (Å²) in [7, 11) is 3.17. The van der Waals surface area contributed by atoms with Crippen LogP contribution in [0.5, 0.6) is 11.5 Å². The molecular weight excluding hydrogens is 279 g/mol. The second-order valence-corrected chi connectivity index (χ2v) is 4.94. The normalized spacial score (nSPS) is 12.0. The lowest BCUT2D eigenvalue weighted by Crippen LogP contribution is -1.98. The molecule has 0 saturated heterocycles. The minimum absolute atomic E-state index is 0.251. The number of hydrogen-bond donors (Lipinski definition) is 0. The summed E-state index contributed by atoms with van der Waals surface area (Å²) in [5, 5.41) is -0.253. The summed E-state index contributed by atoms with van der Waals surface area (Å²) in [5.74, 6) is 1.04. The van der Waals surface area contributed by atoms with E-state index < -0.39 is 0 Å². The van der Waals surface area contributed by atoms with E-state index in [4.69, 9.17) is 21.1 Å². The summed E-state index contributed by atoms with van der Waals surface area (Å²) >= 11 is 6.40. The van der Waals surface area contributed by atoms with E-state index in [0.717, 1.165) is 11.1 Å². The van der Waals surface area contributed by atoms with Gasteiger partial charge in [0.1, 0.15) is 5.82 Å². The highest BCUT2D eigenvalue weighted by Crippen LogP contribution is 2.33. The van der Waals surface area contributed by atoms with Gasteiger partial charge < -0.3 is 9.47 Å². The highest BCUT2D eigenvalue weighted by Gasteiger charge is 2.13. The zero-order valence-electron chi connectivity index (χ0n) is 11.4. The molecule has 0 radical (unpaired) electrons. The zero-order valence-corrected chi connectivity index (χ0v) is 12.2. The van der Waals surface area contributed by atoms with Crippen molar-refractivity contribution in [2.24, 2.45) is 0 Å². The van der Waals surface area contributed by atoms with E-state index in [2.05, 4.69) is 0 Å². The molecule has 0 heterocycles. The van der Waals surface area contributed by atoms with Crippen molar-refractivity contribution >= 4 is 11.6 Å². The maximum atomic E-state index is 13.2. The van der Waals surface area contributed by atoms with Crippen molar-refractivity contribution < 1.29 is 13.9 Å². The highest BCUT2D eigenvalue weighted by atomic mass is 35.5. The van der Waals surface area contributed by atoms with Crippen molar-refractivity contribution in [1.82, 2.24) is 0 Å². The highest BCUT2D eigenvalue weighted by molar-refractivity contribution is 6.21. The summed E-state index contributed by atoms with van der Waals surface area (Å²) in [4.78, 5) is 0. The van der Waals surface area contributed by atoms with Gasteiger partial charge in [-0.1, -0.05) is 18.2 Å². The van der Waals surface area contributed by atoms with Crippen LogP contribution in [0.3, 0.4) is 0 Å². The molecule has 0 saturated carbocycles. The van der Waals surface area contributed by atoms with Crippen LogP contribution in [0, 0.1) is 5.82 Å². The quantitative estimate of drug-likeness (QED) is 0.763. The Hall–Kier alpha value is -1.74. The molecule has 0 aliphatic heterocycles. The summed E-state index contributed by atoms with van der Waals surface area (Å²) in [6, 6.07) is 12.0. The SMILES string of the molecule is COc1ccc(C(Cl)Cc2cccc(F)c2)cc1OC. The standard InChI is InChI=1S/C16H16ClFO2/c1-19-15-7-6-12(10-16(15)20-2)14(17)9-11-4-3-5-13(18)8-11/h3-8,10,14H,9H2,1-2H3. The van der Waals surface area contributed by atoms with Crippen molar-refractivity contribution in [2.75, 3.05) is 14.2 Å². The van der Waals surface area contributed by atoms with Crippen LogP contribution in [0.15, 0.2) is 42.5 Å². The van der Waals surface area contributed by atoms with Gasteiger partial charge in [0, 0.05) is 0 Å². The first-order chi connectivity index (χ1) is 9.63. The zero-order chi connectivity index (χ0) is 14.5. The molecule has 0 spiro atoms. The Labute approximate surface area is 123 Å². The number of hydrogen-bond acceptors (Lipinski definition) is 2. The molecule has 2 rings (SSSR count). The third-order valence-corrected chi connectivity index (χ3v) is 3.48. The van der Waals surface area contributed by atoms with Gasteiger partial charge in [-0.15, -0.1) is 11.6 Å². The molecule has 2 aromatic rings. The van der Waals surface area contributed by atoms with Gasteiger partial charge in [-0.3, -0.25) is 0 Å². The van der Waals surface area contributed by atoms with Gasteiger partial charge in [0.2, 0.25) is 0 Å². The number of halogens is 2. The van der Waals surface area contributed by atoms with Crippen LogP contribution in [0.1, 0.15) is 16.5 Å². The Balaban J connectivity index is 2.18. The summed E-state index contributed by atoms with van der Waals surface area (Å²) in [6.45, 7) is 0. The second kappa shape index (κ2) is 6.62. The molecule has 1 atom stereocenters. The monoisotopic (exact) mass is 294 g/mol. The Bertz CT molecular complexity index is 586. The fourth-order valence-corrected chi connectivity index (χ4v) is 2.35. The third-order valence-electron chi connectivity index (χ3n) is 3.07. The van der Waals surface area contributed by atoms with E-state index >= 15 is 0 Å². The smallest absolute Gasteiger partial charge is 0.161 e. The fourth-order valence-electron chi connectivity index (χ4n) is 2.04. The Morgan fingerprint density at radius 2 is 1.80 bits per heavy atom. The Kier molecular flexibility index (Phi) is 4.85. The van der Waals surface area contributed by atoms with Crippen molar-refractivity contribution in [3.63, 3.8) is 0 Å². The number of rotatable bonds is 5. The minimum Gasteiger partial charge on any atom is -0.493 e. The molecule has 2 nitrogen and oxygen atoms in total. The summed E-state index contributed by atoms with van der Waals surface area (Å²) in [6.07, 6.45) is 0.550. The van der Waals surface area contributed by atoms with E-state index in [9.17, 15) is 4.39 Å². The van der Waals surface area contributed by atoms with Gasteiger partial charge in [0.15, 0.2) is 11.5 Å². The number of alkyl halides is 1. The lowest BCUT2D eigenvalue weighted by atomic mass is 10.0. The van der Waals surface area contributed by atoms with Crippen LogP contribution in [0.2, 0.25) is 0 Å². The largest absolute Gasteiger partial charge is 0.493 e. The van der Waals surface area contributed by atoms with Crippen LogP contribution in [-0.4, -0.2) is 14.2 Å². The second-order valence-electron chi connectivity index (χ2n) is 4.42. The first-order valence-corrected chi connectivity index (χ1v) is 6.68. The lowest BCUT2D eigenvalue weighted by Gasteiger charge is -2.13. The molecule has 0 amide bonds. The van der Waals surface area contributed by atoms with Crippen LogP contribution < -0.4 is 9.47 Å². The number of ether oxygens (including phenoxy) is 2. The Morgan fingerprint density at radius 1 is 1.05 bits per heavy atom. The topological polar surface area (TPSA) is 18.5 Å². The predicted molar refractivity (Wildman–Crippen MR) is 78.2 cm³/mol. The molecule has 0 aliphatic rings. The number of benzene rings is 2. The molecule has 20 heavy (non-hydrogen) atoms. The van der Waals surface area contributed by atoms with E-state index in [0.29, 0.717) is 17.9 Å². The molecule has 2 aromatic carbocycles.